The molecule has 0 bridgehead atoms. The second kappa shape index (κ2) is 5.43. The van der Waals surface area contributed by atoms with E-state index in [0.29, 0.717) is 29.0 Å². The Kier molecular flexibility index (Phi) is 3.84. The lowest BCUT2D eigenvalue weighted by molar-refractivity contribution is 0.100. The summed E-state index contributed by atoms with van der Waals surface area (Å²) < 4.78 is 5.88. The second-order valence-electron chi connectivity index (χ2n) is 5.31. The molecule has 1 heterocycles. The van der Waals surface area contributed by atoms with E-state index < -0.39 is 11.5 Å². The third-order valence-electron chi connectivity index (χ3n) is 2.95. The van der Waals surface area contributed by atoms with Gasteiger partial charge in [0.15, 0.2) is 5.96 Å². The molecule has 21 heavy (non-hydrogen) atoms. The van der Waals surface area contributed by atoms with Gasteiger partial charge in [0.05, 0.1) is 5.71 Å². The number of nitrogens with zero attached hydrogens (tertiary/aromatic N) is 2. The van der Waals surface area contributed by atoms with Gasteiger partial charge in [0, 0.05) is 17.5 Å². The average Bonchev–Trinajstić information content (AvgIpc) is 2.36. The van der Waals surface area contributed by atoms with Crippen LogP contribution in [-0.2, 0) is 4.84 Å². The molecule has 1 aromatic rings. The van der Waals surface area contributed by atoms with E-state index in [2.05, 4.69) is 10.1 Å². The first kappa shape index (κ1) is 14.8. The van der Waals surface area contributed by atoms with Crippen molar-refractivity contribution in [2.45, 2.75) is 25.9 Å². The van der Waals surface area contributed by atoms with Gasteiger partial charge in [-0.3, -0.25) is 4.79 Å². The number of aliphatic imine (C=N–C) groups is 1. The minimum absolute atomic E-state index is 0.277. The molecule has 7 nitrogen and oxygen atoms in total. The highest BCUT2D eigenvalue weighted by atomic mass is 16.6. The van der Waals surface area contributed by atoms with Crippen LogP contribution in [0.2, 0.25) is 0 Å². The summed E-state index contributed by atoms with van der Waals surface area (Å²) in [6, 6.07) is 4.97. The van der Waals surface area contributed by atoms with Crippen molar-refractivity contribution in [2.24, 2.45) is 21.6 Å². The fourth-order valence-corrected chi connectivity index (χ4v) is 2.18. The van der Waals surface area contributed by atoms with E-state index in [9.17, 15) is 4.79 Å². The molecule has 1 aliphatic heterocycles. The Hall–Kier alpha value is -2.57. The maximum absolute atomic E-state index is 11.9. The number of amides is 1. The lowest BCUT2D eigenvalue weighted by Gasteiger charge is -2.33. The standard InChI is InChI=1S/C14H18N4O3/c1-14(2)7-10(18-20-3)9-6-8(4-5-11(9)21-14)12(19)17-13(15)16/h4-6H,7H2,1-3H3,(H4,15,16,17,19). The van der Waals surface area contributed by atoms with Crippen LogP contribution in [0, 0.1) is 0 Å². The zero-order chi connectivity index (χ0) is 15.6. The first-order chi connectivity index (χ1) is 9.82. The van der Waals surface area contributed by atoms with Crippen molar-refractivity contribution in [1.29, 1.82) is 0 Å². The van der Waals surface area contributed by atoms with Gasteiger partial charge in [-0.2, -0.15) is 4.99 Å². The number of hydrogen-bond acceptors (Lipinski definition) is 4. The number of guanidine groups is 1. The molecule has 0 saturated heterocycles. The third kappa shape index (κ3) is 3.31. The highest BCUT2D eigenvalue weighted by molar-refractivity contribution is 6.07. The first-order valence-electron chi connectivity index (χ1n) is 6.40. The van der Waals surface area contributed by atoms with Crippen LogP contribution in [-0.4, -0.2) is 30.3 Å². The van der Waals surface area contributed by atoms with E-state index in [-0.39, 0.29) is 5.96 Å². The van der Waals surface area contributed by atoms with E-state index in [0.717, 1.165) is 0 Å². The van der Waals surface area contributed by atoms with E-state index in [1.54, 1.807) is 18.2 Å². The Balaban J connectivity index is 2.48. The molecule has 0 saturated carbocycles. The Bertz CT molecular complexity index is 631. The van der Waals surface area contributed by atoms with Crippen molar-refractivity contribution < 1.29 is 14.4 Å². The Morgan fingerprint density at radius 3 is 2.71 bits per heavy atom. The van der Waals surface area contributed by atoms with Gasteiger partial charge in [0.1, 0.15) is 18.5 Å². The zero-order valence-corrected chi connectivity index (χ0v) is 12.2. The van der Waals surface area contributed by atoms with Crippen molar-refractivity contribution in [3.8, 4) is 5.75 Å². The number of carbonyl (C=O) groups excluding carboxylic acids is 1. The van der Waals surface area contributed by atoms with Crippen molar-refractivity contribution >= 4 is 17.6 Å². The lowest BCUT2D eigenvalue weighted by atomic mass is 9.91. The monoisotopic (exact) mass is 290 g/mol. The van der Waals surface area contributed by atoms with Crippen LogP contribution in [0.5, 0.6) is 5.75 Å². The number of hydrogen-bond donors (Lipinski definition) is 2. The van der Waals surface area contributed by atoms with Crippen LogP contribution in [0.15, 0.2) is 28.3 Å². The summed E-state index contributed by atoms with van der Waals surface area (Å²) in [5.74, 6) is -0.149. The fourth-order valence-electron chi connectivity index (χ4n) is 2.18. The van der Waals surface area contributed by atoms with Crippen molar-refractivity contribution in [1.82, 2.24) is 0 Å². The summed E-state index contributed by atoms with van der Waals surface area (Å²) >= 11 is 0. The van der Waals surface area contributed by atoms with Gasteiger partial charge in [-0.25, -0.2) is 0 Å². The summed E-state index contributed by atoms with van der Waals surface area (Å²) in [4.78, 5) is 20.3. The minimum atomic E-state index is -0.514. The number of benzene rings is 1. The van der Waals surface area contributed by atoms with E-state index in [4.69, 9.17) is 21.0 Å². The predicted molar refractivity (Wildman–Crippen MR) is 79.5 cm³/mol. The maximum atomic E-state index is 11.9. The van der Waals surface area contributed by atoms with Crippen molar-refractivity contribution in [3.05, 3.63) is 29.3 Å². The summed E-state index contributed by atoms with van der Waals surface area (Å²) in [5, 5.41) is 4.02. The topological polar surface area (TPSA) is 112 Å². The Labute approximate surface area is 122 Å². The van der Waals surface area contributed by atoms with Gasteiger partial charge in [-0.15, -0.1) is 0 Å². The van der Waals surface area contributed by atoms with Gasteiger partial charge in [-0.05, 0) is 32.0 Å². The van der Waals surface area contributed by atoms with E-state index in [1.165, 1.54) is 7.11 Å². The molecule has 0 radical (unpaired) electrons. The molecule has 4 N–H and O–H groups in total. The number of carbonyl (C=O) groups is 1. The Morgan fingerprint density at radius 2 is 2.10 bits per heavy atom. The molecule has 0 aliphatic carbocycles. The molecule has 112 valence electrons. The predicted octanol–water partition coefficient (Wildman–Crippen LogP) is 1.01. The van der Waals surface area contributed by atoms with Crippen LogP contribution < -0.4 is 16.2 Å². The molecule has 1 amide bonds. The summed E-state index contributed by atoms with van der Waals surface area (Å²) in [6.45, 7) is 3.92. The molecule has 0 spiro atoms. The number of ether oxygens (including phenoxy) is 1. The van der Waals surface area contributed by atoms with Crippen LogP contribution in [0.4, 0.5) is 0 Å². The lowest BCUT2D eigenvalue weighted by Crippen LogP contribution is -2.36. The molecule has 0 atom stereocenters. The molecule has 7 heteroatoms. The summed E-state index contributed by atoms with van der Waals surface area (Å²) in [5.41, 5.74) is 11.8. The summed E-state index contributed by atoms with van der Waals surface area (Å²) in [7, 11) is 1.48. The number of fused-ring (bicyclic) bond motifs is 1. The normalized spacial score (nSPS) is 17.6. The van der Waals surface area contributed by atoms with Gasteiger partial charge in [0.25, 0.3) is 5.91 Å². The molecule has 0 fully saturated rings. The first-order valence-corrected chi connectivity index (χ1v) is 6.40. The second-order valence-corrected chi connectivity index (χ2v) is 5.31. The molecule has 0 aromatic heterocycles. The number of rotatable bonds is 2. The molecule has 1 aromatic carbocycles. The van der Waals surface area contributed by atoms with Crippen molar-refractivity contribution in [3.63, 3.8) is 0 Å². The van der Waals surface area contributed by atoms with Gasteiger partial charge >= 0.3 is 0 Å². The highest BCUT2D eigenvalue weighted by Gasteiger charge is 2.32. The van der Waals surface area contributed by atoms with Gasteiger partial charge in [0.2, 0.25) is 0 Å². The molecular weight excluding hydrogens is 272 g/mol. The Morgan fingerprint density at radius 1 is 1.38 bits per heavy atom. The smallest absolute Gasteiger partial charge is 0.280 e. The highest BCUT2D eigenvalue weighted by Crippen LogP contribution is 2.34. The SMILES string of the molecule is CON=C1CC(C)(C)Oc2ccc(C(=O)N=C(N)N)cc21. The van der Waals surface area contributed by atoms with Crippen LogP contribution in [0.1, 0.15) is 36.2 Å². The van der Waals surface area contributed by atoms with Crippen LogP contribution in [0.3, 0.4) is 0 Å². The van der Waals surface area contributed by atoms with Crippen LogP contribution in [0.25, 0.3) is 0 Å². The molecule has 1 aliphatic rings. The fraction of sp³-hybridized carbons (Fsp3) is 0.357. The third-order valence-corrected chi connectivity index (χ3v) is 2.95. The zero-order valence-electron chi connectivity index (χ0n) is 12.2. The number of nitrogens with two attached hydrogens (primary N) is 2. The quantitative estimate of drug-likeness (QED) is 0.479. The number of oxime groups is 1. The molecule has 0 unspecified atom stereocenters. The summed E-state index contributed by atoms with van der Waals surface area (Å²) in [6.07, 6.45) is 0.563. The van der Waals surface area contributed by atoms with Crippen LogP contribution >= 0.6 is 0 Å². The van der Waals surface area contributed by atoms with Gasteiger partial charge in [-0.1, -0.05) is 5.16 Å². The largest absolute Gasteiger partial charge is 0.487 e. The van der Waals surface area contributed by atoms with Crippen molar-refractivity contribution in [2.75, 3.05) is 7.11 Å². The van der Waals surface area contributed by atoms with Gasteiger partial charge < -0.3 is 21.0 Å². The maximum Gasteiger partial charge on any atom is 0.280 e. The van der Waals surface area contributed by atoms with E-state index in [1.807, 2.05) is 13.8 Å². The minimum Gasteiger partial charge on any atom is -0.487 e. The molecule has 2 rings (SSSR count). The molecular formula is C14H18N4O3. The average molecular weight is 290 g/mol. The van der Waals surface area contributed by atoms with E-state index >= 15 is 0 Å².